The number of carbonyl (C=O) groups is 1. The second-order valence-corrected chi connectivity index (χ2v) is 5.63. The molecule has 1 amide bonds. The third-order valence-electron chi connectivity index (χ3n) is 4.13. The minimum Gasteiger partial charge on any atom is -0.336 e. The number of amides is 1. The summed E-state index contributed by atoms with van der Waals surface area (Å²) in [6.07, 6.45) is 5.57. The summed E-state index contributed by atoms with van der Waals surface area (Å²) in [5, 5.41) is 8.94. The van der Waals surface area contributed by atoms with Crippen LogP contribution < -0.4 is 0 Å². The Bertz CT molecular complexity index is 696. The van der Waals surface area contributed by atoms with Crippen LogP contribution in [-0.2, 0) is 6.54 Å². The van der Waals surface area contributed by atoms with Crippen LogP contribution in [0.4, 0.5) is 0 Å². The number of hydrogen-bond donors (Lipinski definition) is 0. The Kier molecular flexibility index (Phi) is 4.69. The van der Waals surface area contributed by atoms with E-state index < -0.39 is 0 Å². The smallest absolute Gasteiger partial charge is 0.253 e. The Morgan fingerprint density at radius 3 is 2.74 bits per heavy atom. The summed E-state index contributed by atoms with van der Waals surface area (Å²) in [5.74, 6) is 0.0105. The van der Waals surface area contributed by atoms with E-state index in [1.54, 1.807) is 30.5 Å². The maximum absolute atomic E-state index is 12.5. The van der Waals surface area contributed by atoms with Crippen molar-refractivity contribution in [3.63, 3.8) is 0 Å². The van der Waals surface area contributed by atoms with Gasteiger partial charge in [0, 0.05) is 57.2 Å². The first kappa shape index (κ1) is 15.3. The highest BCUT2D eigenvalue weighted by molar-refractivity contribution is 5.94. The zero-order valence-electron chi connectivity index (χ0n) is 12.9. The zero-order chi connectivity index (χ0) is 16.1. The van der Waals surface area contributed by atoms with Gasteiger partial charge in [0.05, 0.1) is 18.0 Å². The lowest BCUT2D eigenvalue weighted by molar-refractivity contribution is 0.0633. The molecule has 2 aromatic rings. The van der Waals surface area contributed by atoms with Gasteiger partial charge in [-0.15, -0.1) is 0 Å². The van der Waals surface area contributed by atoms with E-state index >= 15 is 0 Å². The second-order valence-electron chi connectivity index (χ2n) is 5.63. The first-order valence-electron chi connectivity index (χ1n) is 7.74. The summed E-state index contributed by atoms with van der Waals surface area (Å²) >= 11 is 0. The van der Waals surface area contributed by atoms with Crippen LogP contribution >= 0.6 is 0 Å². The number of hydrogen-bond acceptors (Lipinski definition) is 4. The van der Waals surface area contributed by atoms with Crippen LogP contribution in [0.15, 0.2) is 43.0 Å². The van der Waals surface area contributed by atoms with Gasteiger partial charge in [-0.1, -0.05) is 6.07 Å². The third-order valence-corrected chi connectivity index (χ3v) is 4.13. The SMILES string of the molecule is N#Cc1cccc(C(=O)N2CCN(CCn3ccnc3)CC2)c1. The molecule has 0 N–H and O–H groups in total. The zero-order valence-corrected chi connectivity index (χ0v) is 12.9. The molecule has 118 valence electrons. The Balaban J connectivity index is 1.52. The van der Waals surface area contributed by atoms with Crippen LogP contribution in [0, 0.1) is 11.3 Å². The average molecular weight is 309 g/mol. The molecule has 0 unspecified atom stereocenters. The van der Waals surface area contributed by atoms with E-state index in [4.69, 9.17) is 5.26 Å². The highest BCUT2D eigenvalue weighted by atomic mass is 16.2. The van der Waals surface area contributed by atoms with Crippen LogP contribution in [0.1, 0.15) is 15.9 Å². The van der Waals surface area contributed by atoms with E-state index in [1.807, 2.05) is 17.4 Å². The number of aromatic nitrogens is 2. The van der Waals surface area contributed by atoms with E-state index in [0.29, 0.717) is 11.1 Å². The molecule has 6 heteroatoms. The lowest BCUT2D eigenvalue weighted by Gasteiger charge is -2.34. The Morgan fingerprint density at radius 2 is 2.04 bits per heavy atom. The Labute approximate surface area is 135 Å². The molecule has 2 heterocycles. The van der Waals surface area contributed by atoms with Gasteiger partial charge in [-0.25, -0.2) is 4.98 Å². The first-order chi connectivity index (χ1) is 11.3. The Morgan fingerprint density at radius 1 is 1.22 bits per heavy atom. The van der Waals surface area contributed by atoms with Gasteiger partial charge in [-0.05, 0) is 18.2 Å². The van der Waals surface area contributed by atoms with Gasteiger partial charge < -0.3 is 9.47 Å². The van der Waals surface area contributed by atoms with Crippen LogP contribution in [0.2, 0.25) is 0 Å². The molecule has 23 heavy (non-hydrogen) atoms. The minimum atomic E-state index is 0.0105. The normalized spacial score (nSPS) is 15.3. The number of rotatable bonds is 4. The highest BCUT2D eigenvalue weighted by Gasteiger charge is 2.22. The standard InChI is InChI=1S/C17H19N5O/c18-13-15-2-1-3-16(12-15)17(23)22-10-8-20(9-11-22)6-7-21-5-4-19-14-21/h1-5,12,14H,6-11H2. The van der Waals surface area contributed by atoms with Gasteiger partial charge in [0.25, 0.3) is 5.91 Å². The van der Waals surface area contributed by atoms with Crippen molar-refractivity contribution < 1.29 is 4.79 Å². The van der Waals surface area contributed by atoms with Crippen molar-refractivity contribution in [2.24, 2.45) is 0 Å². The topological polar surface area (TPSA) is 65.2 Å². The van der Waals surface area contributed by atoms with Gasteiger partial charge in [0.2, 0.25) is 0 Å². The molecule has 0 atom stereocenters. The maximum atomic E-state index is 12.5. The predicted molar refractivity (Wildman–Crippen MR) is 85.7 cm³/mol. The quantitative estimate of drug-likeness (QED) is 0.851. The lowest BCUT2D eigenvalue weighted by Crippen LogP contribution is -2.49. The number of piperazine rings is 1. The molecule has 1 aliphatic heterocycles. The Hall–Kier alpha value is -2.65. The minimum absolute atomic E-state index is 0.0105. The van der Waals surface area contributed by atoms with E-state index in [1.165, 1.54) is 0 Å². The lowest BCUT2D eigenvalue weighted by atomic mass is 10.1. The first-order valence-corrected chi connectivity index (χ1v) is 7.74. The summed E-state index contributed by atoms with van der Waals surface area (Å²) < 4.78 is 2.06. The molecule has 0 spiro atoms. The van der Waals surface area contributed by atoms with Gasteiger partial charge in [0.15, 0.2) is 0 Å². The van der Waals surface area contributed by atoms with Crippen molar-refractivity contribution in [1.82, 2.24) is 19.4 Å². The van der Waals surface area contributed by atoms with Crippen LogP contribution in [-0.4, -0.2) is 58.0 Å². The van der Waals surface area contributed by atoms with E-state index in [0.717, 1.165) is 39.3 Å². The van der Waals surface area contributed by atoms with Crippen LogP contribution in [0.3, 0.4) is 0 Å². The molecule has 1 aliphatic rings. The number of benzene rings is 1. The number of carbonyl (C=O) groups excluding carboxylic acids is 1. The van der Waals surface area contributed by atoms with Crippen molar-refractivity contribution in [2.45, 2.75) is 6.54 Å². The van der Waals surface area contributed by atoms with Gasteiger partial charge in [0.1, 0.15) is 0 Å². The molecule has 1 aromatic carbocycles. The molecule has 0 saturated carbocycles. The summed E-state index contributed by atoms with van der Waals surface area (Å²) in [5.41, 5.74) is 1.12. The van der Waals surface area contributed by atoms with Crippen LogP contribution in [0.5, 0.6) is 0 Å². The monoisotopic (exact) mass is 309 g/mol. The van der Waals surface area contributed by atoms with E-state index in [-0.39, 0.29) is 5.91 Å². The molecule has 1 saturated heterocycles. The van der Waals surface area contributed by atoms with Gasteiger partial charge in [-0.2, -0.15) is 5.26 Å². The third kappa shape index (κ3) is 3.76. The molecule has 3 rings (SSSR count). The highest BCUT2D eigenvalue weighted by Crippen LogP contribution is 2.11. The summed E-state index contributed by atoms with van der Waals surface area (Å²) in [6, 6.07) is 8.98. The second kappa shape index (κ2) is 7.07. The average Bonchev–Trinajstić information content (AvgIpc) is 3.13. The van der Waals surface area contributed by atoms with E-state index in [9.17, 15) is 4.79 Å². The van der Waals surface area contributed by atoms with Crippen molar-refractivity contribution >= 4 is 5.91 Å². The molecule has 0 radical (unpaired) electrons. The van der Waals surface area contributed by atoms with Gasteiger partial charge >= 0.3 is 0 Å². The van der Waals surface area contributed by atoms with Crippen molar-refractivity contribution in [3.8, 4) is 6.07 Å². The molecule has 6 nitrogen and oxygen atoms in total. The van der Waals surface area contributed by atoms with E-state index in [2.05, 4.69) is 20.5 Å². The molecular formula is C17H19N5O. The van der Waals surface area contributed by atoms with Crippen LogP contribution in [0.25, 0.3) is 0 Å². The fourth-order valence-corrected chi connectivity index (χ4v) is 2.75. The number of nitrogens with zero attached hydrogens (tertiary/aromatic N) is 5. The molecule has 1 fully saturated rings. The molecule has 0 bridgehead atoms. The van der Waals surface area contributed by atoms with Crippen molar-refractivity contribution in [2.75, 3.05) is 32.7 Å². The molecule has 1 aromatic heterocycles. The summed E-state index contributed by atoms with van der Waals surface area (Å²) in [4.78, 5) is 20.8. The predicted octanol–water partition coefficient (Wildman–Crippen LogP) is 1.21. The fourth-order valence-electron chi connectivity index (χ4n) is 2.75. The van der Waals surface area contributed by atoms with Crippen molar-refractivity contribution in [3.05, 3.63) is 54.1 Å². The summed E-state index contributed by atoms with van der Waals surface area (Å²) in [6.45, 7) is 5.07. The maximum Gasteiger partial charge on any atom is 0.253 e. The summed E-state index contributed by atoms with van der Waals surface area (Å²) in [7, 11) is 0. The fraction of sp³-hybridized carbons (Fsp3) is 0.353. The number of nitriles is 1. The van der Waals surface area contributed by atoms with Gasteiger partial charge in [-0.3, -0.25) is 9.69 Å². The molecule has 0 aliphatic carbocycles. The number of imidazole rings is 1. The molecular weight excluding hydrogens is 290 g/mol. The van der Waals surface area contributed by atoms with Crippen molar-refractivity contribution in [1.29, 1.82) is 5.26 Å². The largest absolute Gasteiger partial charge is 0.336 e.